The topological polar surface area (TPSA) is 46.3 Å². The number of likely N-dealkylation sites (tertiary alicyclic amines) is 1. The molecule has 1 fully saturated rings. The van der Waals surface area contributed by atoms with E-state index in [0.29, 0.717) is 12.5 Å². The zero-order valence-electron chi connectivity index (χ0n) is 13.5. The van der Waals surface area contributed by atoms with Crippen LogP contribution in [0.4, 0.5) is 0 Å². The lowest BCUT2D eigenvalue weighted by atomic mass is 9.87. The Bertz CT molecular complexity index is 465. The lowest BCUT2D eigenvalue weighted by Gasteiger charge is -2.38. The van der Waals surface area contributed by atoms with Gasteiger partial charge in [0, 0.05) is 31.0 Å². The third-order valence-corrected chi connectivity index (χ3v) is 4.68. The first-order valence-electron chi connectivity index (χ1n) is 8.16. The van der Waals surface area contributed by atoms with E-state index >= 15 is 0 Å². The SMILES string of the molecule is CCC(CC)C(=O)N1CC(N)CC(c2ccc(C)cc2)C1. The Labute approximate surface area is 128 Å². The summed E-state index contributed by atoms with van der Waals surface area (Å²) in [5.74, 6) is 0.800. The maximum Gasteiger partial charge on any atom is 0.225 e. The monoisotopic (exact) mass is 288 g/mol. The number of rotatable bonds is 4. The van der Waals surface area contributed by atoms with Gasteiger partial charge in [0.1, 0.15) is 0 Å². The lowest BCUT2D eigenvalue weighted by molar-refractivity contribution is -0.137. The van der Waals surface area contributed by atoms with Gasteiger partial charge in [-0.25, -0.2) is 0 Å². The molecule has 1 aliphatic rings. The summed E-state index contributed by atoms with van der Waals surface area (Å²) in [6.07, 6.45) is 2.79. The molecule has 0 bridgehead atoms. The first kappa shape index (κ1) is 16.0. The number of benzene rings is 1. The van der Waals surface area contributed by atoms with Crippen molar-refractivity contribution < 1.29 is 4.79 Å². The molecule has 1 aromatic carbocycles. The fourth-order valence-electron chi connectivity index (χ4n) is 3.29. The molecule has 1 amide bonds. The highest BCUT2D eigenvalue weighted by atomic mass is 16.2. The van der Waals surface area contributed by atoms with Crippen LogP contribution in [0.15, 0.2) is 24.3 Å². The van der Waals surface area contributed by atoms with Gasteiger partial charge in [0.25, 0.3) is 0 Å². The number of carbonyl (C=O) groups is 1. The summed E-state index contributed by atoms with van der Waals surface area (Å²) in [5, 5.41) is 0. The molecule has 1 saturated heterocycles. The minimum absolute atomic E-state index is 0.0864. The summed E-state index contributed by atoms with van der Waals surface area (Å²) in [6, 6.07) is 8.73. The summed E-state index contributed by atoms with van der Waals surface area (Å²) in [7, 11) is 0. The number of amides is 1. The van der Waals surface area contributed by atoms with E-state index in [1.54, 1.807) is 0 Å². The van der Waals surface area contributed by atoms with Gasteiger partial charge in [-0.3, -0.25) is 4.79 Å². The van der Waals surface area contributed by atoms with Crippen LogP contribution in [0.3, 0.4) is 0 Å². The van der Waals surface area contributed by atoms with E-state index in [4.69, 9.17) is 5.73 Å². The minimum atomic E-state index is 0.0864. The highest BCUT2D eigenvalue weighted by Gasteiger charge is 2.31. The Morgan fingerprint density at radius 3 is 2.43 bits per heavy atom. The normalized spacial score (nSPS) is 22.6. The van der Waals surface area contributed by atoms with Crippen LogP contribution >= 0.6 is 0 Å². The molecule has 0 aromatic heterocycles. The number of hydrogen-bond donors (Lipinski definition) is 1. The summed E-state index contributed by atoms with van der Waals surface area (Å²) < 4.78 is 0. The first-order chi connectivity index (χ1) is 10.0. The molecule has 0 saturated carbocycles. The van der Waals surface area contributed by atoms with Crippen LogP contribution in [0.1, 0.15) is 50.2 Å². The smallest absolute Gasteiger partial charge is 0.225 e. The van der Waals surface area contributed by atoms with Crippen molar-refractivity contribution in [1.29, 1.82) is 0 Å². The molecular formula is C18H28N2O. The molecule has 21 heavy (non-hydrogen) atoms. The molecule has 2 unspecified atom stereocenters. The van der Waals surface area contributed by atoms with Gasteiger partial charge in [-0.15, -0.1) is 0 Å². The number of aryl methyl sites for hydroxylation is 1. The molecule has 0 spiro atoms. The molecule has 3 heteroatoms. The third kappa shape index (κ3) is 3.85. The molecular weight excluding hydrogens is 260 g/mol. The second-order valence-corrected chi connectivity index (χ2v) is 6.36. The molecule has 0 aliphatic carbocycles. The van der Waals surface area contributed by atoms with Crippen molar-refractivity contribution in [2.24, 2.45) is 11.7 Å². The quantitative estimate of drug-likeness (QED) is 0.925. The molecule has 1 aliphatic heterocycles. The number of piperidine rings is 1. The van der Waals surface area contributed by atoms with Gasteiger partial charge >= 0.3 is 0 Å². The fraction of sp³-hybridized carbons (Fsp3) is 0.611. The van der Waals surface area contributed by atoms with Crippen LogP contribution in [-0.4, -0.2) is 29.9 Å². The maximum absolute atomic E-state index is 12.6. The van der Waals surface area contributed by atoms with Crippen LogP contribution in [0, 0.1) is 12.8 Å². The average Bonchev–Trinajstić information content (AvgIpc) is 2.48. The third-order valence-electron chi connectivity index (χ3n) is 4.68. The van der Waals surface area contributed by atoms with Gasteiger partial charge in [-0.1, -0.05) is 43.7 Å². The second-order valence-electron chi connectivity index (χ2n) is 6.36. The number of nitrogens with zero attached hydrogens (tertiary/aromatic N) is 1. The number of carbonyl (C=O) groups excluding carboxylic acids is 1. The summed E-state index contributed by atoms with van der Waals surface area (Å²) in [6.45, 7) is 7.80. The van der Waals surface area contributed by atoms with Crippen molar-refractivity contribution in [3.8, 4) is 0 Å². The van der Waals surface area contributed by atoms with Crippen LogP contribution < -0.4 is 5.73 Å². The van der Waals surface area contributed by atoms with E-state index in [-0.39, 0.29) is 17.9 Å². The van der Waals surface area contributed by atoms with E-state index in [0.717, 1.165) is 25.8 Å². The van der Waals surface area contributed by atoms with Crippen molar-refractivity contribution in [3.63, 3.8) is 0 Å². The van der Waals surface area contributed by atoms with E-state index in [1.165, 1.54) is 11.1 Å². The van der Waals surface area contributed by atoms with Gasteiger partial charge in [0.2, 0.25) is 5.91 Å². The molecule has 116 valence electrons. The Hall–Kier alpha value is -1.35. The minimum Gasteiger partial charge on any atom is -0.340 e. The lowest BCUT2D eigenvalue weighted by Crippen LogP contribution is -2.50. The zero-order chi connectivity index (χ0) is 15.4. The van der Waals surface area contributed by atoms with Gasteiger partial charge in [-0.05, 0) is 31.7 Å². The molecule has 3 nitrogen and oxygen atoms in total. The van der Waals surface area contributed by atoms with E-state index in [1.807, 2.05) is 4.90 Å². The van der Waals surface area contributed by atoms with Crippen molar-refractivity contribution in [2.45, 2.75) is 52.0 Å². The Morgan fingerprint density at radius 1 is 1.24 bits per heavy atom. The number of nitrogens with two attached hydrogens (primary N) is 1. The summed E-state index contributed by atoms with van der Waals surface area (Å²) in [5.41, 5.74) is 8.78. The Balaban J connectivity index is 2.12. The average molecular weight is 288 g/mol. The van der Waals surface area contributed by atoms with Gasteiger partial charge in [0.05, 0.1) is 0 Å². The molecule has 2 rings (SSSR count). The Morgan fingerprint density at radius 2 is 1.86 bits per heavy atom. The number of hydrogen-bond acceptors (Lipinski definition) is 2. The molecule has 1 aromatic rings. The molecule has 0 radical (unpaired) electrons. The van der Waals surface area contributed by atoms with E-state index < -0.39 is 0 Å². The molecule has 2 N–H and O–H groups in total. The van der Waals surface area contributed by atoms with E-state index in [9.17, 15) is 4.79 Å². The van der Waals surface area contributed by atoms with Crippen molar-refractivity contribution in [2.75, 3.05) is 13.1 Å². The molecule has 1 heterocycles. The Kier molecular flexibility index (Phi) is 5.40. The maximum atomic E-state index is 12.6. The fourth-order valence-corrected chi connectivity index (χ4v) is 3.29. The summed E-state index contributed by atoms with van der Waals surface area (Å²) in [4.78, 5) is 14.6. The standard InChI is InChI=1S/C18H28N2O/c1-4-14(5-2)18(21)20-11-16(10-17(19)12-20)15-8-6-13(3)7-9-15/h6-9,14,16-17H,4-5,10-12,19H2,1-3H3. The van der Waals surface area contributed by atoms with Crippen LogP contribution in [0.25, 0.3) is 0 Å². The zero-order valence-corrected chi connectivity index (χ0v) is 13.5. The van der Waals surface area contributed by atoms with Crippen molar-refractivity contribution in [1.82, 2.24) is 4.90 Å². The van der Waals surface area contributed by atoms with Crippen LogP contribution in [-0.2, 0) is 4.79 Å². The van der Waals surface area contributed by atoms with Gasteiger partial charge in [-0.2, -0.15) is 0 Å². The second kappa shape index (κ2) is 7.08. The van der Waals surface area contributed by atoms with Crippen LogP contribution in [0.2, 0.25) is 0 Å². The van der Waals surface area contributed by atoms with Crippen molar-refractivity contribution in [3.05, 3.63) is 35.4 Å². The predicted octanol–water partition coefficient (Wildman–Crippen LogP) is 3.07. The highest BCUT2D eigenvalue weighted by molar-refractivity contribution is 5.79. The van der Waals surface area contributed by atoms with Gasteiger partial charge < -0.3 is 10.6 Å². The first-order valence-corrected chi connectivity index (χ1v) is 8.16. The largest absolute Gasteiger partial charge is 0.340 e. The van der Waals surface area contributed by atoms with E-state index in [2.05, 4.69) is 45.0 Å². The van der Waals surface area contributed by atoms with Gasteiger partial charge in [0.15, 0.2) is 0 Å². The summed E-state index contributed by atoms with van der Waals surface area (Å²) >= 11 is 0. The van der Waals surface area contributed by atoms with Crippen LogP contribution in [0.5, 0.6) is 0 Å². The predicted molar refractivity (Wildman–Crippen MR) is 87.2 cm³/mol. The molecule has 2 atom stereocenters. The highest BCUT2D eigenvalue weighted by Crippen LogP contribution is 2.28. The van der Waals surface area contributed by atoms with Crippen molar-refractivity contribution >= 4 is 5.91 Å².